The van der Waals surface area contributed by atoms with Crippen LogP contribution in [0.15, 0.2) is 23.5 Å². The van der Waals surface area contributed by atoms with E-state index in [1.165, 1.54) is 10.8 Å². The molecule has 1 saturated carbocycles. The van der Waals surface area contributed by atoms with Crippen LogP contribution in [-0.2, 0) is 19.9 Å². The number of nitrogens with two attached hydrogens (primary N) is 2. The van der Waals surface area contributed by atoms with Gasteiger partial charge in [-0.25, -0.2) is 9.50 Å². The quantitative estimate of drug-likeness (QED) is 0.331. The maximum Gasteiger partial charge on any atom is 0.306 e. The molecule has 0 bridgehead atoms. The van der Waals surface area contributed by atoms with E-state index < -0.39 is 23.9 Å². The Bertz CT molecular complexity index is 975. The summed E-state index contributed by atoms with van der Waals surface area (Å²) in [6.45, 7) is 3.28. The second kappa shape index (κ2) is 9.10. The molecule has 0 amide bonds. The van der Waals surface area contributed by atoms with Gasteiger partial charge in [0.1, 0.15) is 36.8 Å². The molecule has 2 aromatic rings. The topological polar surface area (TPSA) is 171 Å². The third kappa shape index (κ3) is 4.08. The van der Waals surface area contributed by atoms with Crippen molar-refractivity contribution in [2.45, 2.75) is 62.1 Å². The first-order valence-corrected chi connectivity index (χ1v) is 10.8. The van der Waals surface area contributed by atoms with Crippen LogP contribution in [0.25, 0.3) is 5.52 Å². The summed E-state index contributed by atoms with van der Waals surface area (Å²) < 4.78 is 13.0. The van der Waals surface area contributed by atoms with Gasteiger partial charge in [0, 0.05) is 12.5 Å². The zero-order valence-corrected chi connectivity index (χ0v) is 17.8. The molecule has 32 heavy (non-hydrogen) atoms. The number of carbonyl (C=O) groups is 1. The Morgan fingerprint density at radius 1 is 1.34 bits per heavy atom. The SMILES string of the molecule is C=NC[C@@]1(c2ccc3c(N)ncnn23)O[C@H](COC(=O)C[C@H]2CC[C@H](N)CC2)[C@@H](O)[C@H]1O. The van der Waals surface area contributed by atoms with E-state index >= 15 is 0 Å². The highest BCUT2D eigenvalue weighted by Crippen LogP contribution is 2.41. The van der Waals surface area contributed by atoms with E-state index in [4.69, 9.17) is 20.9 Å². The van der Waals surface area contributed by atoms with Crippen molar-refractivity contribution in [3.05, 3.63) is 24.2 Å². The lowest BCUT2D eigenvalue weighted by molar-refractivity contribution is -0.153. The van der Waals surface area contributed by atoms with E-state index in [0.717, 1.165) is 25.7 Å². The molecule has 174 valence electrons. The summed E-state index contributed by atoms with van der Waals surface area (Å²) in [6, 6.07) is 3.59. The zero-order chi connectivity index (χ0) is 22.9. The summed E-state index contributed by atoms with van der Waals surface area (Å²) in [7, 11) is 0. The summed E-state index contributed by atoms with van der Waals surface area (Å²) in [5, 5.41) is 25.9. The van der Waals surface area contributed by atoms with E-state index in [9.17, 15) is 15.0 Å². The number of anilines is 1. The monoisotopic (exact) mass is 446 g/mol. The van der Waals surface area contributed by atoms with Gasteiger partial charge in [-0.15, -0.1) is 0 Å². The molecule has 0 unspecified atom stereocenters. The number of ether oxygens (including phenoxy) is 2. The van der Waals surface area contributed by atoms with Crippen LogP contribution in [-0.4, -0.2) is 75.0 Å². The molecule has 0 aromatic carbocycles. The Hall–Kier alpha value is -2.60. The average molecular weight is 447 g/mol. The van der Waals surface area contributed by atoms with Gasteiger partial charge in [-0.1, -0.05) is 0 Å². The van der Waals surface area contributed by atoms with Crippen LogP contribution in [0.4, 0.5) is 5.82 Å². The molecular formula is C21H30N6O5. The van der Waals surface area contributed by atoms with Crippen molar-refractivity contribution < 1.29 is 24.5 Å². The minimum atomic E-state index is -1.44. The zero-order valence-electron chi connectivity index (χ0n) is 17.8. The van der Waals surface area contributed by atoms with E-state index in [0.29, 0.717) is 17.6 Å². The lowest BCUT2D eigenvalue weighted by Crippen LogP contribution is -2.44. The van der Waals surface area contributed by atoms with Gasteiger partial charge in [-0.05, 0) is 50.5 Å². The predicted octanol–water partition coefficient (Wildman–Crippen LogP) is -0.221. The van der Waals surface area contributed by atoms with Crippen LogP contribution in [0.3, 0.4) is 0 Å². The Morgan fingerprint density at radius 2 is 2.09 bits per heavy atom. The molecule has 2 aromatic heterocycles. The van der Waals surface area contributed by atoms with Crippen LogP contribution < -0.4 is 11.5 Å². The molecule has 3 heterocycles. The van der Waals surface area contributed by atoms with Gasteiger partial charge in [0.25, 0.3) is 0 Å². The van der Waals surface area contributed by atoms with E-state index in [1.54, 1.807) is 12.1 Å². The van der Waals surface area contributed by atoms with Crippen LogP contribution in [0.5, 0.6) is 0 Å². The number of hydrogen-bond acceptors (Lipinski definition) is 10. The summed E-state index contributed by atoms with van der Waals surface area (Å²) in [6.07, 6.45) is 1.60. The number of esters is 1. The van der Waals surface area contributed by atoms with Crippen LogP contribution >= 0.6 is 0 Å². The molecule has 1 saturated heterocycles. The van der Waals surface area contributed by atoms with E-state index in [1.807, 2.05) is 0 Å². The van der Waals surface area contributed by atoms with E-state index in [-0.39, 0.29) is 36.9 Å². The Balaban J connectivity index is 1.48. The lowest BCUT2D eigenvalue weighted by Gasteiger charge is -2.30. The van der Waals surface area contributed by atoms with Gasteiger partial charge in [0.2, 0.25) is 0 Å². The molecule has 2 fully saturated rings. The van der Waals surface area contributed by atoms with Gasteiger partial charge < -0.3 is 31.2 Å². The molecule has 1 aliphatic carbocycles. The highest BCUT2D eigenvalue weighted by molar-refractivity contribution is 5.69. The van der Waals surface area contributed by atoms with Crippen molar-refractivity contribution >= 4 is 24.0 Å². The minimum absolute atomic E-state index is 0.0476. The Labute approximate surface area is 185 Å². The van der Waals surface area contributed by atoms with Gasteiger partial charge in [-0.2, -0.15) is 5.10 Å². The summed E-state index contributed by atoms with van der Waals surface area (Å²) in [4.78, 5) is 20.2. The maximum absolute atomic E-state index is 12.3. The largest absolute Gasteiger partial charge is 0.463 e. The Kier molecular flexibility index (Phi) is 6.42. The van der Waals surface area contributed by atoms with Crippen LogP contribution in [0.2, 0.25) is 0 Å². The number of hydrogen-bond donors (Lipinski definition) is 4. The summed E-state index contributed by atoms with van der Waals surface area (Å²) in [5.41, 5.74) is 11.4. The van der Waals surface area contributed by atoms with Crippen molar-refractivity contribution in [3.8, 4) is 0 Å². The van der Waals surface area contributed by atoms with Crippen molar-refractivity contribution in [1.29, 1.82) is 0 Å². The van der Waals surface area contributed by atoms with Crippen LogP contribution in [0.1, 0.15) is 37.8 Å². The second-order valence-corrected chi connectivity index (χ2v) is 8.69. The molecule has 1 aliphatic heterocycles. The smallest absolute Gasteiger partial charge is 0.306 e. The van der Waals surface area contributed by atoms with Crippen LogP contribution in [0, 0.1) is 5.92 Å². The fourth-order valence-electron chi connectivity index (χ4n) is 4.75. The van der Waals surface area contributed by atoms with E-state index in [2.05, 4.69) is 21.8 Å². The highest BCUT2D eigenvalue weighted by atomic mass is 16.6. The Morgan fingerprint density at radius 3 is 2.81 bits per heavy atom. The average Bonchev–Trinajstić information content (AvgIpc) is 3.31. The standard InChI is InChI=1S/C21H30N6O5/c1-24-10-21(16-7-6-14-20(23)25-11-26-27(14)16)19(30)18(29)15(32-21)9-31-17(28)8-12-2-4-13(22)5-3-12/h6-7,11-13,15,18-19,29-30H,1-5,8-10,22H2,(H2,23,25,26)/t12-,13-,15-,18-,19-,21+/m1/s1. The summed E-state index contributed by atoms with van der Waals surface area (Å²) >= 11 is 0. The first-order chi connectivity index (χ1) is 15.4. The number of aromatic nitrogens is 3. The van der Waals surface area contributed by atoms with Crippen molar-refractivity contribution in [2.75, 3.05) is 18.9 Å². The predicted molar refractivity (Wildman–Crippen MR) is 116 cm³/mol. The number of nitrogens with zero attached hydrogens (tertiary/aromatic N) is 4. The number of aliphatic imine (C=N–C) groups is 1. The highest BCUT2D eigenvalue weighted by Gasteiger charge is 2.56. The molecule has 2 aliphatic rings. The number of aliphatic hydroxyl groups excluding tert-OH is 2. The van der Waals surface area contributed by atoms with Gasteiger partial charge >= 0.3 is 5.97 Å². The number of nitrogen functional groups attached to an aromatic ring is 1. The molecular weight excluding hydrogens is 416 g/mol. The number of rotatable bonds is 7. The normalized spacial score (nSPS) is 32.8. The fourth-order valence-corrected chi connectivity index (χ4v) is 4.75. The molecule has 4 atom stereocenters. The van der Waals surface area contributed by atoms with Crippen molar-refractivity contribution in [1.82, 2.24) is 14.6 Å². The molecule has 0 radical (unpaired) electrons. The lowest BCUT2D eigenvalue weighted by atomic mass is 9.84. The molecule has 11 nitrogen and oxygen atoms in total. The molecule has 11 heteroatoms. The van der Waals surface area contributed by atoms with Gasteiger partial charge in [0.15, 0.2) is 11.4 Å². The third-order valence-electron chi connectivity index (χ3n) is 6.56. The first-order valence-electron chi connectivity index (χ1n) is 10.8. The second-order valence-electron chi connectivity index (χ2n) is 8.69. The number of aliphatic hydroxyl groups is 2. The van der Waals surface area contributed by atoms with Crippen molar-refractivity contribution in [2.24, 2.45) is 16.6 Å². The first kappa shape index (κ1) is 22.6. The number of carbonyl (C=O) groups excluding carboxylic acids is 1. The molecule has 4 rings (SSSR count). The number of fused-ring (bicyclic) bond motifs is 1. The minimum Gasteiger partial charge on any atom is -0.463 e. The van der Waals surface area contributed by atoms with Crippen molar-refractivity contribution in [3.63, 3.8) is 0 Å². The third-order valence-corrected chi connectivity index (χ3v) is 6.56. The fraction of sp³-hybridized carbons (Fsp3) is 0.619. The van der Waals surface area contributed by atoms with Gasteiger partial charge in [-0.3, -0.25) is 9.79 Å². The molecule has 6 N–H and O–H groups in total. The van der Waals surface area contributed by atoms with Gasteiger partial charge in [0.05, 0.1) is 12.2 Å². The summed E-state index contributed by atoms with van der Waals surface area (Å²) in [5.74, 6) is 0.155. The maximum atomic E-state index is 12.3. The molecule has 0 spiro atoms.